The second kappa shape index (κ2) is 14.5. The van der Waals surface area contributed by atoms with Crippen molar-refractivity contribution in [3.63, 3.8) is 0 Å². The Labute approximate surface area is 235 Å². The number of ether oxygens (including phenoxy) is 1. The fraction of sp³-hybridized carbons (Fsp3) is 0.548. The molecular weight excluding hydrogens is 513 g/mol. The Bertz CT molecular complexity index is 1090. The summed E-state index contributed by atoms with van der Waals surface area (Å²) in [6, 6.07) is 11.3. The molecule has 0 N–H and O–H groups in total. The molecule has 0 saturated carbocycles. The van der Waals surface area contributed by atoms with Gasteiger partial charge in [0.1, 0.15) is 11.9 Å². The minimum absolute atomic E-state index is 0.0282. The molecule has 0 aliphatic heterocycles. The number of anilines is 2. The van der Waals surface area contributed by atoms with Gasteiger partial charge in [-0.25, -0.2) is 9.18 Å². The van der Waals surface area contributed by atoms with E-state index in [2.05, 4.69) is 46.0 Å². The van der Waals surface area contributed by atoms with Crippen LogP contribution in [0.4, 0.5) is 15.8 Å². The van der Waals surface area contributed by atoms with Crippen LogP contribution in [-0.2, 0) is 30.0 Å². The average molecular weight is 560 g/mol. The Kier molecular flexibility index (Phi) is 12.8. The van der Waals surface area contributed by atoms with Gasteiger partial charge in [0, 0.05) is 18.0 Å². The molecule has 39 heavy (non-hydrogen) atoms. The first kappa shape index (κ1) is 34.2. The maximum atomic E-state index is 14.5. The van der Waals surface area contributed by atoms with Crippen LogP contribution in [0.1, 0.15) is 65.2 Å². The molecule has 2 aromatic carbocycles. The fourth-order valence-corrected chi connectivity index (χ4v) is 5.02. The lowest BCUT2D eigenvalue weighted by atomic mass is 9.99. The van der Waals surface area contributed by atoms with E-state index in [0.717, 1.165) is 17.8 Å². The highest BCUT2D eigenvalue weighted by atomic mass is 28.4. The third-order valence-corrected chi connectivity index (χ3v) is 11.6. The molecule has 0 saturated heterocycles. The van der Waals surface area contributed by atoms with Crippen molar-refractivity contribution in [1.82, 2.24) is 0 Å². The summed E-state index contributed by atoms with van der Waals surface area (Å²) in [6.07, 6.45) is 0.852. The van der Waals surface area contributed by atoms with Crippen molar-refractivity contribution in [2.24, 2.45) is 5.92 Å². The summed E-state index contributed by atoms with van der Waals surface area (Å²) in [5.74, 6) is -0.535. The lowest BCUT2D eigenvalue weighted by Gasteiger charge is -2.36. The number of carbonyl (C=O) groups excluding carboxylic acids is 3. The molecule has 0 radical (unpaired) electrons. The maximum absolute atomic E-state index is 14.5. The van der Waals surface area contributed by atoms with E-state index in [0.29, 0.717) is 17.7 Å². The fourth-order valence-electron chi connectivity index (χ4n) is 3.97. The first-order chi connectivity index (χ1) is 18.0. The number of rotatable bonds is 10. The monoisotopic (exact) mass is 559 g/mol. The van der Waals surface area contributed by atoms with Crippen molar-refractivity contribution < 1.29 is 27.9 Å². The summed E-state index contributed by atoms with van der Waals surface area (Å²) in [7, 11) is -1.79. The third kappa shape index (κ3) is 9.71. The van der Waals surface area contributed by atoms with Gasteiger partial charge in [0.15, 0.2) is 8.32 Å². The Balaban J connectivity index is 0.00000242. The molecular formula is C31H46FNO5Si. The zero-order valence-corrected chi connectivity index (χ0v) is 26.5. The zero-order valence-electron chi connectivity index (χ0n) is 25.5. The van der Waals surface area contributed by atoms with E-state index in [1.807, 2.05) is 44.7 Å². The zero-order chi connectivity index (χ0) is 30.1. The third-order valence-electron chi connectivity index (χ3n) is 7.08. The van der Waals surface area contributed by atoms with Crippen LogP contribution in [0.15, 0.2) is 36.4 Å². The number of hydrogen-bond acceptors (Lipinski definition) is 6. The first-order valence-corrected chi connectivity index (χ1v) is 16.4. The molecule has 0 heterocycles. The number of halogens is 1. The molecule has 1 unspecified atom stereocenters. The van der Waals surface area contributed by atoms with E-state index in [4.69, 9.17) is 18.8 Å². The number of aryl methyl sites for hydroxylation is 2. The number of nitrogens with zero attached hydrogens (tertiary/aromatic N) is 1. The Morgan fingerprint density at radius 3 is 1.87 bits per heavy atom. The second-order valence-corrected chi connectivity index (χ2v) is 16.9. The highest BCUT2D eigenvalue weighted by Crippen LogP contribution is 2.37. The quantitative estimate of drug-likeness (QED) is 0.221. The number of benzene rings is 2. The standard InChI is InChI=1S/C30H46FNO3Si.CO2/c1-20(2)28(29(33)35-21(3)4)32(26-18-22(5)27(31)23(6)19-26)25-14-12-24(13-15-25)16-17-34-36(10,11)30(7,8)9;2-1-3/h12-15,18-21,28H,16-17H2,1-11H3;. The molecule has 216 valence electrons. The van der Waals surface area contributed by atoms with E-state index >= 15 is 0 Å². The predicted molar refractivity (Wildman–Crippen MR) is 156 cm³/mol. The van der Waals surface area contributed by atoms with Gasteiger partial charge < -0.3 is 14.1 Å². The largest absolute Gasteiger partial charge is 0.461 e. The Hall–Kier alpha value is -2.80. The molecule has 0 bridgehead atoms. The van der Waals surface area contributed by atoms with Crippen molar-refractivity contribution in [2.45, 2.75) is 99.0 Å². The van der Waals surface area contributed by atoms with Gasteiger partial charge in [-0.1, -0.05) is 46.8 Å². The number of hydrogen-bond donors (Lipinski definition) is 0. The van der Waals surface area contributed by atoms with Gasteiger partial charge in [0.25, 0.3) is 0 Å². The van der Waals surface area contributed by atoms with E-state index in [1.165, 1.54) is 5.56 Å². The topological polar surface area (TPSA) is 72.9 Å². The molecule has 0 amide bonds. The van der Waals surface area contributed by atoms with Crippen LogP contribution in [-0.4, -0.2) is 39.2 Å². The summed E-state index contributed by atoms with van der Waals surface area (Å²) in [4.78, 5) is 31.5. The van der Waals surface area contributed by atoms with Crippen molar-refractivity contribution in [2.75, 3.05) is 11.5 Å². The van der Waals surface area contributed by atoms with Crippen molar-refractivity contribution in [3.8, 4) is 0 Å². The van der Waals surface area contributed by atoms with Gasteiger partial charge >= 0.3 is 12.1 Å². The SMILES string of the molecule is Cc1cc(N(c2ccc(CCO[Si](C)(C)C(C)(C)C)cc2)C(C(=O)OC(C)C)C(C)C)cc(C)c1F.O=C=O. The van der Waals surface area contributed by atoms with Gasteiger partial charge in [-0.3, -0.25) is 0 Å². The lowest BCUT2D eigenvalue weighted by molar-refractivity contribution is -0.191. The maximum Gasteiger partial charge on any atom is 0.373 e. The van der Waals surface area contributed by atoms with Gasteiger partial charge in [0.05, 0.1) is 6.10 Å². The summed E-state index contributed by atoms with van der Waals surface area (Å²) >= 11 is 0. The lowest BCUT2D eigenvalue weighted by Crippen LogP contribution is -2.44. The van der Waals surface area contributed by atoms with Crippen LogP contribution in [0, 0.1) is 25.6 Å². The van der Waals surface area contributed by atoms with Gasteiger partial charge in [0.2, 0.25) is 0 Å². The highest BCUT2D eigenvalue weighted by molar-refractivity contribution is 6.74. The van der Waals surface area contributed by atoms with Crippen molar-refractivity contribution in [3.05, 3.63) is 58.9 Å². The average Bonchev–Trinajstić information content (AvgIpc) is 2.80. The molecule has 0 spiro atoms. The van der Waals surface area contributed by atoms with E-state index in [1.54, 1.807) is 26.0 Å². The molecule has 2 rings (SSSR count). The van der Waals surface area contributed by atoms with Crippen molar-refractivity contribution in [1.29, 1.82) is 0 Å². The van der Waals surface area contributed by atoms with E-state index in [-0.39, 0.29) is 35.0 Å². The van der Waals surface area contributed by atoms with Gasteiger partial charge in [-0.2, -0.15) is 9.59 Å². The molecule has 2 aromatic rings. The van der Waals surface area contributed by atoms with Crippen LogP contribution in [0.3, 0.4) is 0 Å². The summed E-state index contributed by atoms with van der Waals surface area (Å²) in [5.41, 5.74) is 3.92. The van der Waals surface area contributed by atoms with Gasteiger partial charge in [-0.15, -0.1) is 0 Å². The Morgan fingerprint density at radius 1 is 0.974 bits per heavy atom. The molecule has 0 fully saturated rings. The summed E-state index contributed by atoms with van der Waals surface area (Å²) < 4.78 is 26.5. The first-order valence-electron chi connectivity index (χ1n) is 13.5. The number of esters is 1. The van der Waals surface area contributed by atoms with Crippen molar-refractivity contribution >= 4 is 31.8 Å². The van der Waals surface area contributed by atoms with E-state index in [9.17, 15) is 9.18 Å². The summed E-state index contributed by atoms with van der Waals surface area (Å²) in [6.45, 7) is 23.2. The minimum Gasteiger partial charge on any atom is -0.461 e. The molecule has 0 aliphatic rings. The molecule has 6 nitrogen and oxygen atoms in total. The normalized spacial score (nSPS) is 12.5. The van der Waals surface area contributed by atoms with Gasteiger partial charge in [-0.05, 0) is 99.1 Å². The van der Waals surface area contributed by atoms with Crippen LogP contribution < -0.4 is 4.90 Å². The predicted octanol–water partition coefficient (Wildman–Crippen LogP) is 7.54. The van der Waals surface area contributed by atoms with E-state index < -0.39 is 14.4 Å². The summed E-state index contributed by atoms with van der Waals surface area (Å²) in [5, 5.41) is 0.180. The van der Waals surface area contributed by atoms with Crippen LogP contribution in [0.25, 0.3) is 0 Å². The molecule has 1 atom stereocenters. The van der Waals surface area contributed by atoms with Crippen LogP contribution in [0.2, 0.25) is 18.1 Å². The Morgan fingerprint density at radius 2 is 1.46 bits per heavy atom. The minimum atomic E-state index is -1.79. The highest BCUT2D eigenvalue weighted by Gasteiger charge is 2.37. The smallest absolute Gasteiger partial charge is 0.373 e. The second-order valence-electron chi connectivity index (χ2n) is 12.0. The van der Waals surface area contributed by atoms with Crippen LogP contribution in [0.5, 0.6) is 0 Å². The van der Waals surface area contributed by atoms with Crippen LogP contribution >= 0.6 is 0 Å². The molecule has 8 heteroatoms. The number of carbonyl (C=O) groups is 1. The molecule has 0 aliphatic carbocycles. The molecule has 0 aromatic heterocycles.